The monoisotopic (exact) mass is 256 g/mol. The van der Waals surface area contributed by atoms with E-state index in [1.165, 1.54) is 0 Å². The van der Waals surface area contributed by atoms with Crippen molar-refractivity contribution in [2.75, 3.05) is 7.11 Å². The molecule has 0 radical (unpaired) electrons. The maximum absolute atomic E-state index is 9.81. The van der Waals surface area contributed by atoms with Crippen molar-refractivity contribution in [2.24, 2.45) is 0 Å². The molecule has 2 rings (SSSR count). The van der Waals surface area contributed by atoms with E-state index in [0.717, 1.165) is 28.6 Å². The quantitative estimate of drug-likeness (QED) is 0.901. The molecule has 0 spiro atoms. The molecule has 0 aliphatic heterocycles. The molecule has 1 aliphatic rings. The Morgan fingerprint density at radius 1 is 1.50 bits per heavy atom. The maximum atomic E-state index is 9.81. The number of benzene rings is 1. The van der Waals surface area contributed by atoms with E-state index in [1.807, 2.05) is 18.2 Å². The van der Waals surface area contributed by atoms with Gasteiger partial charge < -0.3 is 9.84 Å². The Hall–Kier alpha value is -0.540. The minimum absolute atomic E-state index is 0.450. The van der Waals surface area contributed by atoms with Gasteiger partial charge in [0.25, 0.3) is 0 Å². The Morgan fingerprint density at radius 3 is 2.79 bits per heavy atom. The number of aliphatic hydroxyl groups is 1. The first-order valence-electron chi connectivity index (χ1n) is 4.68. The smallest absolute Gasteiger partial charge is 0.133 e. The van der Waals surface area contributed by atoms with Crippen molar-refractivity contribution in [2.45, 2.75) is 24.9 Å². The van der Waals surface area contributed by atoms with Gasteiger partial charge in [-0.25, -0.2) is 0 Å². The van der Waals surface area contributed by atoms with Gasteiger partial charge in [0.2, 0.25) is 0 Å². The van der Waals surface area contributed by atoms with Gasteiger partial charge in [-0.2, -0.15) is 0 Å². The summed E-state index contributed by atoms with van der Waals surface area (Å²) < 4.78 is 6.15. The Morgan fingerprint density at radius 2 is 2.21 bits per heavy atom. The molecule has 1 saturated carbocycles. The van der Waals surface area contributed by atoms with Gasteiger partial charge in [0, 0.05) is 6.42 Å². The first-order chi connectivity index (χ1) is 6.64. The lowest BCUT2D eigenvalue weighted by Gasteiger charge is -2.11. The third kappa shape index (κ3) is 1.93. The average Bonchev–Trinajstić information content (AvgIpc) is 2.88. The topological polar surface area (TPSA) is 29.5 Å². The SMILES string of the molecule is COc1cccc(CC2(O)CC2)c1Br. The number of ether oxygens (including phenoxy) is 1. The summed E-state index contributed by atoms with van der Waals surface area (Å²) in [5.41, 5.74) is 0.666. The normalized spacial score (nSPS) is 17.9. The lowest BCUT2D eigenvalue weighted by atomic mass is 10.1. The predicted octanol–water partition coefficient (Wildman–Crippen LogP) is 2.53. The van der Waals surface area contributed by atoms with Gasteiger partial charge in [0.1, 0.15) is 5.75 Å². The van der Waals surface area contributed by atoms with Crippen molar-refractivity contribution in [3.05, 3.63) is 28.2 Å². The van der Waals surface area contributed by atoms with Crippen LogP contribution in [-0.2, 0) is 6.42 Å². The summed E-state index contributed by atoms with van der Waals surface area (Å²) in [6, 6.07) is 5.87. The fourth-order valence-corrected chi connectivity index (χ4v) is 2.09. The van der Waals surface area contributed by atoms with Gasteiger partial charge >= 0.3 is 0 Å². The molecule has 76 valence electrons. The highest BCUT2D eigenvalue weighted by Gasteiger charge is 2.40. The van der Waals surface area contributed by atoms with E-state index in [9.17, 15) is 5.11 Å². The van der Waals surface area contributed by atoms with E-state index < -0.39 is 5.60 Å². The number of hydrogen-bond acceptors (Lipinski definition) is 2. The molecule has 0 saturated heterocycles. The second-order valence-electron chi connectivity index (χ2n) is 3.83. The summed E-state index contributed by atoms with van der Waals surface area (Å²) in [5.74, 6) is 0.826. The van der Waals surface area contributed by atoms with Crippen molar-refractivity contribution in [1.82, 2.24) is 0 Å². The van der Waals surface area contributed by atoms with Gasteiger partial charge in [-0.05, 0) is 40.4 Å². The van der Waals surface area contributed by atoms with Crippen LogP contribution in [-0.4, -0.2) is 17.8 Å². The molecule has 0 unspecified atom stereocenters. The summed E-state index contributed by atoms with van der Waals surface area (Å²) in [6.45, 7) is 0. The molecule has 0 bridgehead atoms. The summed E-state index contributed by atoms with van der Waals surface area (Å²) in [4.78, 5) is 0. The van der Waals surface area contributed by atoms with Gasteiger partial charge in [-0.15, -0.1) is 0 Å². The molecule has 1 fully saturated rings. The predicted molar refractivity (Wildman–Crippen MR) is 58.6 cm³/mol. The van der Waals surface area contributed by atoms with E-state index in [0.29, 0.717) is 6.42 Å². The van der Waals surface area contributed by atoms with Crippen LogP contribution in [0.4, 0.5) is 0 Å². The molecular weight excluding hydrogens is 244 g/mol. The average molecular weight is 257 g/mol. The second-order valence-corrected chi connectivity index (χ2v) is 4.63. The molecule has 1 N–H and O–H groups in total. The molecule has 0 aromatic heterocycles. The highest BCUT2D eigenvalue weighted by molar-refractivity contribution is 9.10. The first-order valence-corrected chi connectivity index (χ1v) is 5.48. The van der Waals surface area contributed by atoms with Crippen molar-refractivity contribution >= 4 is 15.9 Å². The zero-order chi connectivity index (χ0) is 10.2. The summed E-state index contributed by atoms with van der Waals surface area (Å²) in [5, 5.41) is 9.81. The highest BCUT2D eigenvalue weighted by atomic mass is 79.9. The maximum Gasteiger partial charge on any atom is 0.133 e. The van der Waals surface area contributed by atoms with Crippen LogP contribution in [0.25, 0.3) is 0 Å². The van der Waals surface area contributed by atoms with E-state index in [2.05, 4.69) is 15.9 Å². The van der Waals surface area contributed by atoms with Crippen LogP contribution < -0.4 is 4.74 Å². The fraction of sp³-hybridized carbons (Fsp3) is 0.455. The van der Waals surface area contributed by atoms with E-state index >= 15 is 0 Å². The third-order valence-corrected chi connectivity index (χ3v) is 3.51. The fourth-order valence-electron chi connectivity index (χ4n) is 1.53. The number of rotatable bonds is 3. The van der Waals surface area contributed by atoms with Crippen LogP contribution in [0.15, 0.2) is 22.7 Å². The van der Waals surface area contributed by atoms with Crippen LogP contribution >= 0.6 is 15.9 Å². The Balaban J connectivity index is 2.24. The summed E-state index contributed by atoms with van der Waals surface area (Å²) in [6.07, 6.45) is 2.54. The Kier molecular flexibility index (Phi) is 2.54. The molecule has 1 aliphatic carbocycles. The molecular formula is C11H13BrO2. The van der Waals surface area contributed by atoms with Crippen LogP contribution in [0.3, 0.4) is 0 Å². The molecule has 2 nitrogen and oxygen atoms in total. The van der Waals surface area contributed by atoms with Crippen molar-refractivity contribution in [1.29, 1.82) is 0 Å². The van der Waals surface area contributed by atoms with Gasteiger partial charge in [-0.3, -0.25) is 0 Å². The van der Waals surface area contributed by atoms with Crippen LogP contribution in [0.2, 0.25) is 0 Å². The van der Waals surface area contributed by atoms with Crippen LogP contribution in [0, 0.1) is 0 Å². The minimum Gasteiger partial charge on any atom is -0.496 e. The highest BCUT2D eigenvalue weighted by Crippen LogP contribution is 2.41. The standard InChI is InChI=1S/C11H13BrO2/c1-14-9-4-2-3-8(10(9)12)7-11(13)5-6-11/h2-4,13H,5-7H2,1H3. The number of hydrogen-bond donors (Lipinski definition) is 1. The molecule has 0 atom stereocenters. The molecule has 1 aromatic rings. The summed E-state index contributed by atoms with van der Waals surface area (Å²) >= 11 is 3.49. The first kappa shape index (κ1) is 9.99. The van der Waals surface area contributed by atoms with Gasteiger partial charge in [-0.1, -0.05) is 12.1 Å². The van der Waals surface area contributed by atoms with Crippen molar-refractivity contribution in [3.63, 3.8) is 0 Å². The summed E-state index contributed by atoms with van der Waals surface area (Å²) in [7, 11) is 1.65. The largest absolute Gasteiger partial charge is 0.496 e. The molecule has 0 heterocycles. The van der Waals surface area contributed by atoms with Crippen molar-refractivity contribution in [3.8, 4) is 5.75 Å². The second kappa shape index (κ2) is 3.55. The lowest BCUT2D eigenvalue weighted by Crippen LogP contribution is -2.11. The molecule has 0 amide bonds. The van der Waals surface area contributed by atoms with E-state index in [4.69, 9.17) is 4.74 Å². The van der Waals surface area contributed by atoms with E-state index in [-0.39, 0.29) is 0 Å². The Bertz CT molecular complexity index is 345. The van der Waals surface area contributed by atoms with Crippen LogP contribution in [0.5, 0.6) is 5.75 Å². The zero-order valence-electron chi connectivity index (χ0n) is 8.09. The third-order valence-electron chi connectivity index (χ3n) is 2.61. The minimum atomic E-state index is -0.450. The number of halogens is 1. The van der Waals surface area contributed by atoms with Crippen molar-refractivity contribution < 1.29 is 9.84 Å². The number of methoxy groups -OCH3 is 1. The molecule has 1 aromatic carbocycles. The zero-order valence-corrected chi connectivity index (χ0v) is 9.67. The van der Waals surface area contributed by atoms with Gasteiger partial charge in [0.15, 0.2) is 0 Å². The molecule has 3 heteroatoms. The molecule has 14 heavy (non-hydrogen) atoms. The van der Waals surface area contributed by atoms with Gasteiger partial charge in [0.05, 0.1) is 17.2 Å². The Labute approximate surface area is 92.0 Å². The van der Waals surface area contributed by atoms with Crippen LogP contribution in [0.1, 0.15) is 18.4 Å². The van der Waals surface area contributed by atoms with E-state index in [1.54, 1.807) is 7.11 Å². The lowest BCUT2D eigenvalue weighted by molar-refractivity contribution is 0.150.